The van der Waals surface area contributed by atoms with Gasteiger partial charge in [-0.15, -0.1) is 0 Å². The van der Waals surface area contributed by atoms with Crippen LogP contribution in [0, 0.1) is 5.82 Å². The van der Waals surface area contributed by atoms with E-state index in [1.54, 1.807) is 18.2 Å². The SMILES string of the molecule is CC1NCc2[nH]n(-c3ccccc3F)c(=O)c21. The van der Waals surface area contributed by atoms with Gasteiger partial charge in [-0.3, -0.25) is 9.89 Å². The first-order chi connectivity index (χ1) is 8.18. The average Bonchev–Trinajstić information content (AvgIpc) is 2.82. The topological polar surface area (TPSA) is 49.8 Å². The van der Waals surface area contributed by atoms with Gasteiger partial charge in [0, 0.05) is 12.6 Å². The van der Waals surface area contributed by atoms with E-state index in [0.29, 0.717) is 12.1 Å². The summed E-state index contributed by atoms with van der Waals surface area (Å²) < 4.78 is 14.9. The van der Waals surface area contributed by atoms with E-state index >= 15 is 0 Å². The van der Waals surface area contributed by atoms with Crippen LogP contribution in [-0.4, -0.2) is 9.78 Å². The van der Waals surface area contributed by atoms with Gasteiger partial charge in [-0.2, -0.15) is 0 Å². The lowest BCUT2D eigenvalue weighted by atomic mass is 10.2. The number of hydrogen-bond donors (Lipinski definition) is 2. The van der Waals surface area contributed by atoms with Crippen LogP contribution in [0.5, 0.6) is 0 Å². The maximum absolute atomic E-state index is 13.6. The number of aromatic amines is 1. The number of para-hydroxylation sites is 1. The number of hydrogen-bond acceptors (Lipinski definition) is 2. The third-order valence-corrected chi connectivity index (χ3v) is 3.12. The fraction of sp³-hybridized carbons (Fsp3) is 0.250. The molecule has 1 unspecified atom stereocenters. The third kappa shape index (κ3) is 1.43. The van der Waals surface area contributed by atoms with E-state index in [0.717, 1.165) is 5.69 Å². The van der Waals surface area contributed by atoms with Gasteiger partial charge in [-0.1, -0.05) is 12.1 Å². The second-order valence-electron chi connectivity index (χ2n) is 4.20. The smallest absolute Gasteiger partial charge is 0.276 e. The van der Waals surface area contributed by atoms with Crippen LogP contribution in [0.2, 0.25) is 0 Å². The minimum Gasteiger partial charge on any atom is -0.304 e. The zero-order valence-electron chi connectivity index (χ0n) is 9.33. The number of nitrogens with one attached hydrogen (secondary N) is 2. The van der Waals surface area contributed by atoms with Crippen molar-refractivity contribution in [2.45, 2.75) is 19.5 Å². The van der Waals surface area contributed by atoms with Gasteiger partial charge in [0.1, 0.15) is 11.5 Å². The van der Waals surface area contributed by atoms with Crippen molar-refractivity contribution >= 4 is 0 Å². The Morgan fingerprint density at radius 1 is 1.41 bits per heavy atom. The van der Waals surface area contributed by atoms with Gasteiger partial charge in [0.25, 0.3) is 5.56 Å². The molecule has 2 heterocycles. The van der Waals surface area contributed by atoms with Crippen LogP contribution in [0.25, 0.3) is 5.69 Å². The highest BCUT2D eigenvalue weighted by Gasteiger charge is 2.26. The van der Waals surface area contributed by atoms with Crippen LogP contribution in [0.3, 0.4) is 0 Å². The van der Waals surface area contributed by atoms with Crippen molar-refractivity contribution in [2.24, 2.45) is 0 Å². The molecule has 1 aliphatic rings. The minimum atomic E-state index is -0.407. The first-order valence-electron chi connectivity index (χ1n) is 5.50. The maximum atomic E-state index is 13.6. The highest BCUT2D eigenvalue weighted by molar-refractivity contribution is 5.36. The molecule has 1 aromatic heterocycles. The van der Waals surface area contributed by atoms with Crippen molar-refractivity contribution in [3.05, 3.63) is 51.7 Å². The quantitative estimate of drug-likeness (QED) is 0.783. The summed E-state index contributed by atoms with van der Waals surface area (Å²) in [5.41, 5.74) is 1.63. The molecule has 0 saturated heterocycles. The fourth-order valence-electron chi connectivity index (χ4n) is 2.24. The molecule has 17 heavy (non-hydrogen) atoms. The minimum absolute atomic E-state index is 0.0155. The van der Waals surface area contributed by atoms with Gasteiger partial charge in [-0.05, 0) is 19.1 Å². The van der Waals surface area contributed by atoms with Crippen LogP contribution in [-0.2, 0) is 6.54 Å². The molecule has 3 rings (SSSR count). The molecule has 2 N–H and O–H groups in total. The van der Waals surface area contributed by atoms with E-state index < -0.39 is 5.82 Å². The predicted octanol–water partition coefficient (Wildman–Crippen LogP) is 1.47. The van der Waals surface area contributed by atoms with Crippen LogP contribution >= 0.6 is 0 Å². The number of H-pyrrole nitrogens is 1. The van der Waals surface area contributed by atoms with Crippen molar-refractivity contribution in [3.63, 3.8) is 0 Å². The summed E-state index contributed by atoms with van der Waals surface area (Å²) in [5.74, 6) is -0.407. The lowest BCUT2D eigenvalue weighted by Crippen LogP contribution is -2.22. The molecular weight excluding hydrogens is 221 g/mol. The van der Waals surface area contributed by atoms with Crippen molar-refractivity contribution in [1.82, 2.24) is 15.1 Å². The number of fused-ring (bicyclic) bond motifs is 1. The summed E-state index contributed by atoms with van der Waals surface area (Å²) in [5, 5.41) is 6.11. The van der Waals surface area contributed by atoms with Crippen LogP contribution in [0.15, 0.2) is 29.1 Å². The molecule has 1 aliphatic heterocycles. The number of benzene rings is 1. The van der Waals surface area contributed by atoms with Crippen LogP contribution in [0.4, 0.5) is 4.39 Å². The molecule has 0 spiro atoms. The highest BCUT2D eigenvalue weighted by Crippen LogP contribution is 2.21. The van der Waals surface area contributed by atoms with Crippen molar-refractivity contribution < 1.29 is 4.39 Å². The van der Waals surface area contributed by atoms with E-state index in [9.17, 15) is 9.18 Å². The number of nitrogens with zero attached hydrogens (tertiary/aromatic N) is 1. The fourth-order valence-corrected chi connectivity index (χ4v) is 2.24. The summed E-state index contributed by atoms with van der Waals surface area (Å²) in [6.45, 7) is 2.54. The third-order valence-electron chi connectivity index (χ3n) is 3.12. The van der Waals surface area contributed by atoms with Gasteiger partial charge in [0.15, 0.2) is 0 Å². The van der Waals surface area contributed by atoms with Crippen molar-refractivity contribution in [3.8, 4) is 5.69 Å². The molecule has 0 radical (unpaired) electrons. The summed E-state index contributed by atoms with van der Waals surface area (Å²) in [6.07, 6.45) is 0. The van der Waals surface area contributed by atoms with Gasteiger partial charge >= 0.3 is 0 Å². The van der Waals surface area contributed by atoms with Gasteiger partial charge in [0.2, 0.25) is 0 Å². The monoisotopic (exact) mass is 233 g/mol. The second-order valence-corrected chi connectivity index (χ2v) is 4.20. The Morgan fingerprint density at radius 3 is 2.88 bits per heavy atom. The average molecular weight is 233 g/mol. The van der Waals surface area contributed by atoms with Crippen molar-refractivity contribution in [1.29, 1.82) is 0 Å². The van der Waals surface area contributed by atoms with E-state index in [-0.39, 0.29) is 17.3 Å². The molecule has 2 aromatic rings. The van der Waals surface area contributed by atoms with E-state index in [2.05, 4.69) is 10.4 Å². The predicted molar refractivity (Wildman–Crippen MR) is 61.6 cm³/mol. The normalized spacial score (nSPS) is 18.4. The Hall–Kier alpha value is -1.88. The molecule has 1 atom stereocenters. The van der Waals surface area contributed by atoms with E-state index in [1.165, 1.54) is 10.7 Å². The van der Waals surface area contributed by atoms with Gasteiger partial charge in [-0.25, -0.2) is 9.07 Å². The lowest BCUT2D eigenvalue weighted by molar-refractivity contribution is 0.590. The molecule has 0 saturated carbocycles. The molecule has 0 amide bonds. The van der Waals surface area contributed by atoms with Crippen LogP contribution < -0.4 is 10.9 Å². The van der Waals surface area contributed by atoms with Crippen LogP contribution in [0.1, 0.15) is 24.2 Å². The second kappa shape index (κ2) is 3.56. The molecule has 4 nitrogen and oxygen atoms in total. The molecule has 0 fully saturated rings. The Kier molecular flexibility index (Phi) is 2.16. The van der Waals surface area contributed by atoms with Gasteiger partial charge < -0.3 is 5.32 Å². The molecule has 0 aliphatic carbocycles. The Labute approximate surface area is 97.1 Å². The number of aromatic nitrogens is 2. The number of rotatable bonds is 1. The first-order valence-corrected chi connectivity index (χ1v) is 5.50. The van der Waals surface area contributed by atoms with E-state index in [1.807, 2.05) is 6.92 Å². The van der Waals surface area contributed by atoms with Crippen molar-refractivity contribution in [2.75, 3.05) is 0 Å². The molecule has 88 valence electrons. The summed E-state index contributed by atoms with van der Waals surface area (Å²) >= 11 is 0. The first kappa shape index (κ1) is 10.3. The zero-order valence-corrected chi connectivity index (χ0v) is 9.33. The molecular formula is C12H12FN3O. The number of halogens is 1. The lowest BCUT2D eigenvalue weighted by Gasteiger charge is -2.05. The maximum Gasteiger partial charge on any atom is 0.276 e. The molecule has 0 bridgehead atoms. The van der Waals surface area contributed by atoms with Gasteiger partial charge in [0.05, 0.1) is 11.3 Å². The Bertz CT molecular complexity index is 629. The Balaban J connectivity index is 2.22. The Morgan fingerprint density at radius 2 is 2.18 bits per heavy atom. The summed E-state index contributed by atoms with van der Waals surface area (Å²) in [4.78, 5) is 12.1. The zero-order chi connectivity index (χ0) is 12.0. The highest BCUT2D eigenvalue weighted by atomic mass is 19.1. The molecule has 5 heteroatoms. The van der Waals surface area contributed by atoms with E-state index in [4.69, 9.17) is 0 Å². The summed E-state index contributed by atoms with van der Waals surface area (Å²) in [7, 11) is 0. The largest absolute Gasteiger partial charge is 0.304 e. The standard InChI is InChI=1S/C12H12FN3O/c1-7-11-9(6-14-7)15-16(12(11)17)10-5-3-2-4-8(10)13/h2-5,7,14-15H,6H2,1H3. The summed E-state index contributed by atoms with van der Waals surface area (Å²) in [6, 6.07) is 6.25. The molecule has 1 aromatic carbocycles.